The summed E-state index contributed by atoms with van der Waals surface area (Å²) in [4.78, 5) is 0. The number of hydrogen-bond donors (Lipinski definition) is 2. The summed E-state index contributed by atoms with van der Waals surface area (Å²) in [5.74, 6) is 0. The largest absolute Gasteiger partial charge is 0.392 e. The molecule has 0 unspecified atom stereocenters. The Hall–Kier alpha value is -1.03. The standard InChI is InChI=1S/C14H13BrClNO/c15-12-4-5-14(16)11(7-12)8-17-13-3-1-2-10(6-13)9-18/h1-7,17-18H,8-9H2. The van der Waals surface area contributed by atoms with Crippen molar-refractivity contribution < 1.29 is 5.11 Å². The maximum atomic E-state index is 9.07. The van der Waals surface area contributed by atoms with Crippen LogP contribution in [0.1, 0.15) is 11.1 Å². The second kappa shape index (κ2) is 6.23. The third-order valence-electron chi connectivity index (χ3n) is 2.60. The fraction of sp³-hybridized carbons (Fsp3) is 0.143. The lowest BCUT2D eigenvalue weighted by Gasteiger charge is -2.09. The van der Waals surface area contributed by atoms with Crippen LogP contribution in [0, 0.1) is 0 Å². The number of hydrogen-bond acceptors (Lipinski definition) is 2. The van der Waals surface area contributed by atoms with Crippen LogP contribution in [0.15, 0.2) is 46.9 Å². The monoisotopic (exact) mass is 325 g/mol. The highest BCUT2D eigenvalue weighted by atomic mass is 79.9. The van der Waals surface area contributed by atoms with E-state index in [0.29, 0.717) is 6.54 Å². The molecule has 0 aliphatic heterocycles. The van der Waals surface area contributed by atoms with E-state index in [1.54, 1.807) is 0 Å². The molecular formula is C14H13BrClNO. The van der Waals surface area contributed by atoms with Gasteiger partial charge in [0.25, 0.3) is 0 Å². The van der Waals surface area contributed by atoms with Gasteiger partial charge in [0.2, 0.25) is 0 Å². The van der Waals surface area contributed by atoms with Crippen LogP contribution in [0.2, 0.25) is 5.02 Å². The molecule has 4 heteroatoms. The van der Waals surface area contributed by atoms with Crippen molar-refractivity contribution in [1.82, 2.24) is 0 Å². The van der Waals surface area contributed by atoms with Gasteiger partial charge in [0, 0.05) is 21.7 Å². The molecule has 0 aromatic heterocycles. The third kappa shape index (κ3) is 3.48. The van der Waals surface area contributed by atoms with Crippen LogP contribution in [-0.4, -0.2) is 5.11 Å². The molecule has 94 valence electrons. The van der Waals surface area contributed by atoms with Crippen LogP contribution in [0.5, 0.6) is 0 Å². The number of anilines is 1. The summed E-state index contributed by atoms with van der Waals surface area (Å²) < 4.78 is 1.01. The van der Waals surface area contributed by atoms with E-state index in [4.69, 9.17) is 16.7 Å². The first-order valence-electron chi connectivity index (χ1n) is 5.56. The zero-order valence-corrected chi connectivity index (χ0v) is 12.0. The van der Waals surface area contributed by atoms with Gasteiger partial charge in [-0.1, -0.05) is 39.7 Å². The Labute approximate surface area is 120 Å². The first-order valence-corrected chi connectivity index (χ1v) is 6.74. The number of aliphatic hydroxyl groups excluding tert-OH is 1. The van der Waals surface area contributed by atoms with Crippen molar-refractivity contribution in [2.45, 2.75) is 13.2 Å². The molecule has 0 saturated carbocycles. The average molecular weight is 327 g/mol. The summed E-state index contributed by atoms with van der Waals surface area (Å²) in [5.41, 5.74) is 2.89. The lowest BCUT2D eigenvalue weighted by Crippen LogP contribution is -2.00. The van der Waals surface area contributed by atoms with Gasteiger partial charge in [0.1, 0.15) is 0 Å². The summed E-state index contributed by atoms with van der Waals surface area (Å²) in [7, 11) is 0. The van der Waals surface area contributed by atoms with Gasteiger partial charge in [-0.15, -0.1) is 0 Å². The Morgan fingerprint density at radius 1 is 1.17 bits per heavy atom. The molecule has 2 aromatic carbocycles. The molecule has 2 nitrogen and oxygen atoms in total. The van der Waals surface area contributed by atoms with Gasteiger partial charge < -0.3 is 10.4 Å². The zero-order chi connectivity index (χ0) is 13.0. The molecule has 2 aromatic rings. The van der Waals surface area contributed by atoms with Gasteiger partial charge in [0.15, 0.2) is 0 Å². The first-order chi connectivity index (χ1) is 8.69. The summed E-state index contributed by atoms with van der Waals surface area (Å²) in [5, 5.41) is 13.1. The highest BCUT2D eigenvalue weighted by molar-refractivity contribution is 9.10. The molecule has 0 amide bonds. The van der Waals surface area contributed by atoms with E-state index in [1.165, 1.54) is 0 Å². The van der Waals surface area contributed by atoms with E-state index in [0.717, 1.165) is 26.3 Å². The van der Waals surface area contributed by atoms with Gasteiger partial charge in [-0.25, -0.2) is 0 Å². The summed E-state index contributed by atoms with van der Waals surface area (Å²) in [6.07, 6.45) is 0. The molecule has 0 bridgehead atoms. The van der Waals surface area contributed by atoms with Gasteiger partial charge in [-0.3, -0.25) is 0 Å². The number of nitrogens with one attached hydrogen (secondary N) is 1. The molecule has 2 rings (SSSR count). The van der Waals surface area contributed by atoms with Crippen LogP contribution < -0.4 is 5.32 Å². The smallest absolute Gasteiger partial charge is 0.0682 e. The maximum Gasteiger partial charge on any atom is 0.0682 e. The fourth-order valence-electron chi connectivity index (χ4n) is 1.66. The lowest BCUT2D eigenvalue weighted by molar-refractivity contribution is 0.282. The van der Waals surface area contributed by atoms with Crippen molar-refractivity contribution >= 4 is 33.2 Å². The van der Waals surface area contributed by atoms with Crippen LogP contribution in [0.3, 0.4) is 0 Å². The average Bonchev–Trinajstić information content (AvgIpc) is 2.40. The predicted octanol–water partition coefficient (Wildman–Crippen LogP) is 4.21. The molecule has 0 spiro atoms. The molecule has 0 heterocycles. The fourth-order valence-corrected chi connectivity index (χ4v) is 2.25. The lowest BCUT2D eigenvalue weighted by atomic mass is 10.2. The van der Waals surface area contributed by atoms with Gasteiger partial charge in [-0.2, -0.15) is 0 Å². The molecule has 0 aliphatic carbocycles. The third-order valence-corrected chi connectivity index (χ3v) is 3.46. The van der Waals surface area contributed by atoms with E-state index in [2.05, 4.69) is 21.2 Å². The molecular weight excluding hydrogens is 314 g/mol. The van der Waals surface area contributed by atoms with Gasteiger partial charge in [-0.05, 0) is 41.5 Å². The van der Waals surface area contributed by atoms with Gasteiger partial charge in [0.05, 0.1) is 6.61 Å². The second-order valence-electron chi connectivity index (χ2n) is 3.95. The Kier molecular flexibility index (Phi) is 4.64. The van der Waals surface area contributed by atoms with Crippen LogP contribution in [0.4, 0.5) is 5.69 Å². The Morgan fingerprint density at radius 2 is 2.00 bits per heavy atom. The molecule has 0 saturated heterocycles. The van der Waals surface area contributed by atoms with E-state index in [1.807, 2.05) is 42.5 Å². The highest BCUT2D eigenvalue weighted by Gasteiger charge is 2.01. The Balaban J connectivity index is 2.08. The minimum Gasteiger partial charge on any atom is -0.392 e. The van der Waals surface area contributed by atoms with Crippen LogP contribution >= 0.6 is 27.5 Å². The van der Waals surface area contributed by atoms with Crippen molar-refractivity contribution in [2.75, 3.05) is 5.32 Å². The number of rotatable bonds is 4. The molecule has 0 radical (unpaired) electrons. The summed E-state index contributed by atoms with van der Waals surface area (Å²) in [6.45, 7) is 0.695. The topological polar surface area (TPSA) is 32.3 Å². The molecule has 0 atom stereocenters. The van der Waals surface area contributed by atoms with E-state index >= 15 is 0 Å². The number of aliphatic hydroxyl groups is 1. The SMILES string of the molecule is OCc1cccc(NCc2cc(Br)ccc2Cl)c1. The Morgan fingerprint density at radius 3 is 2.78 bits per heavy atom. The van der Waals surface area contributed by atoms with Crippen LogP contribution in [0.25, 0.3) is 0 Å². The minimum atomic E-state index is 0.0488. The van der Waals surface area contributed by atoms with Crippen molar-refractivity contribution in [2.24, 2.45) is 0 Å². The number of halogens is 2. The highest BCUT2D eigenvalue weighted by Crippen LogP contribution is 2.22. The summed E-state index contributed by atoms with van der Waals surface area (Å²) in [6, 6.07) is 13.5. The van der Waals surface area contributed by atoms with Crippen molar-refractivity contribution in [3.8, 4) is 0 Å². The maximum absolute atomic E-state index is 9.07. The first kappa shape index (κ1) is 13.4. The summed E-state index contributed by atoms with van der Waals surface area (Å²) >= 11 is 9.55. The zero-order valence-electron chi connectivity index (χ0n) is 9.66. The predicted molar refractivity (Wildman–Crippen MR) is 78.8 cm³/mol. The molecule has 18 heavy (non-hydrogen) atoms. The van der Waals surface area contributed by atoms with E-state index in [-0.39, 0.29) is 6.61 Å². The van der Waals surface area contributed by atoms with Crippen molar-refractivity contribution in [1.29, 1.82) is 0 Å². The van der Waals surface area contributed by atoms with E-state index in [9.17, 15) is 0 Å². The normalized spacial score (nSPS) is 10.4. The molecule has 0 fully saturated rings. The Bertz CT molecular complexity index is 545. The molecule has 0 aliphatic rings. The quantitative estimate of drug-likeness (QED) is 0.882. The van der Waals surface area contributed by atoms with Crippen molar-refractivity contribution in [3.63, 3.8) is 0 Å². The van der Waals surface area contributed by atoms with E-state index < -0.39 is 0 Å². The van der Waals surface area contributed by atoms with Gasteiger partial charge >= 0.3 is 0 Å². The minimum absolute atomic E-state index is 0.0488. The molecule has 2 N–H and O–H groups in total. The number of benzene rings is 2. The van der Waals surface area contributed by atoms with Crippen LogP contribution in [-0.2, 0) is 13.2 Å². The van der Waals surface area contributed by atoms with Crippen molar-refractivity contribution in [3.05, 3.63) is 63.1 Å². The second-order valence-corrected chi connectivity index (χ2v) is 5.27.